The van der Waals surface area contributed by atoms with Gasteiger partial charge in [0.05, 0.1) is 10.7 Å². The summed E-state index contributed by atoms with van der Waals surface area (Å²) in [6, 6.07) is 3.28. The minimum absolute atomic E-state index is 0.0255. The molecule has 5 nitrogen and oxygen atoms in total. The van der Waals surface area contributed by atoms with Crippen LogP contribution in [0.3, 0.4) is 0 Å². The quantitative estimate of drug-likeness (QED) is 0.583. The van der Waals surface area contributed by atoms with Crippen LogP contribution in [0, 0.1) is 11.7 Å². The number of rotatable bonds is 3. The third-order valence-electron chi connectivity index (χ3n) is 4.09. The maximum absolute atomic E-state index is 13.2. The molecular formula is C16H20ClFN2O3. The molecule has 1 fully saturated rings. The second-order valence-electron chi connectivity index (χ2n) is 5.74. The highest BCUT2D eigenvalue weighted by molar-refractivity contribution is 6.41. The van der Waals surface area contributed by atoms with E-state index >= 15 is 0 Å². The van der Waals surface area contributed by atoms with Gasteiger partial charge in [-0.15, -0.1) is 0 Å². The van der Waals surface area contributed by atoms with Crippen LogP contribution in [0.2, 0.25) is 5.02 Å². The van der Waals surface area contributed by atoms with Crippen LogP contribution in [0.15, 0.2) is 18.2 Å². The maximum atomic E-state index is 13.2. The van der Waals surface area contributed by atoms with Crippen LogP contribution in [-0.2, 0) is 9.59 Å². The van der Waals surface area contributed by atoms with Crippen LogP contribution in [0.5, 0.6) is 0 Å². The smallest absolute Gasteiger partial charge is 0.313 e. The molecule has 0 radical (unpaired) electrons. The molecule has 2 unspecified atom stereocenters. The molecule has 0 aromatic heterocycles. The van der Waals surface area contributed by atoms with E-state index < -0.39 is 17.6 Å². The van der Waals surface area contributed by atoms with Gasteiger partial charge in [-0.25, -0.2) is 4.39 Å². The number of hydrogen-bond donors (Lipinski definition) is 3. The van der Waals surface area contributed by atoms with E-state index in [2.05, 4.69) is 10.6 Å². The van der Waals surface area contributed by atoms with Crippen molar-refractivity contribution in [2.45, 2.75) is 38.1 Å². The van der Waals surface area contributed by atoms with Crippen molar-refractivity contribution in [2.24, 2.45) is 5.92 Å². The van der Waals surface area contributed by atoms with E-state index in [9.17, 15) is 19.1 Å². The van der Waals surface area contributed by atoms with Gasteiger partial charge < -0.3 is 15.7 Å². The summed E-state index contributed by atoms with van der Waals surface area (Å²) in [7, 11) is 0. The van der Waals surface area contributed by atoms with Gasteiger partial charge in [-0.2, -0.15) is 0 Å². The normalized spacial score (nSPS) is 21.3. The molecule has 7 heteroatoms. The first-order chi connectivity index (χ1) is 11.0. The van der Waals surface area contributed by atoms with Gasteiger partial charge in [0.25, 0.3) is 0 Å². The Hall–Kier alpha value is -1.66. The van der Waals surface area contributed by atoms with Gasteiger partial charge >= 0.3 is 11.8 Å². The first kappa shape index (κ1) is 17.7. The average Bonchev–Trinajstić information content (AvgIpc) is 2.75. The number of benzene rings is 1. The molecule has 1 aromatic carbocycles. The fraction of sp³-hybridized carbons (Fsp3) is 0.500. The zero-order chi connectivity index (χ0) is 16.8. The third kappa shape index (κ3) is 4.91. The molecule has 1 aliphatic rings. The first-order valence-electron chi connectivity index (χ1n) is 7.69. The Balaban J connectivity index is 1.98. The van der Waals surface area contributed by atoms with Gasteiger partial charge in [-0.05, 0) is 31.0 Å². The summed E-state index contributed by atoms with van der Waals surface area (Å²) >= 11 is 5.86. The topological polar surface area (TPSA) is 78.4 Å². The molecule has 0 heterocycles. The number of aliphatic hydroxyl groups excluding tert-OH is 1. The number of amides is 2. The van der Waals surface area contributed by atoms with E-state index in [1.165, 1.54) is 6.07 Å². The number of carbonyl (C=O) groups excluding carboxylic acids is 2. The molecule has 2 atom stereocenters. The Morgan fingerprint density at radius 1 is 1.22 bits per heavy atom. The molecule has 1 aliphatic carbocycles. The molecule has 2 rings (SSSR count). The van der Waals surface area contributed by atoms with Crippen LogP contribution < -0.4 is 10.6 Å². The maximum Gasteiger partial charge on any atom is 0.313 e. The van der Waals surface area contributed by atoms with Crippen molar-refractivity contribution in [3.63, 3.8) is 0 Å². The van der Waals surface area contributed by atoms with E-state index in [0.717, 1.165) is 44.2 Å². The van der Waals surface area contributed by atoms with Crippen molar-refractivity contribution in [3.05, 3.63) is 29.0 Å². The zero-order valence-electron chi connectivity index (χ0n) is 12.6. The third-order valence-corrected chi connectivity index (χ3v) is 4.42. The summed E-state index contributed by atoms with van der Waals surface area (Å²) in [6.07, 6.45) is 4.54. The lowest BCUT2D eigenvalue weighted by atomic mass is 9.95. The first-order valence-corrected chi connectivity index (χ1v) is 8.07. The molecule has 2 amide bonds. The predicted molar refractivity (Wildman–Crippen MR) is 85.6 cm³/mol. The highest BCUT2D eigenvalue weighted by Gasteiger charge is 2.27. The van der Waals surface area contributed by atoms with Crippen molar-refractivity contribution < 1.29 is 19.1 Å². The van der Waals surface area contributed by atoms with E-state index in [1.54, 1.807) is 0 Å². The monoisotopic (exact) mass is 342 g/mol. The van der Waals surface area contributed by atoms with E-state index in [0.29, 0.717) is 0 Å². The summed E-state index contributed by atoms with van der Waals surface area (Å²) in [5, 5.41) is 14.5. The molecule has 23 heavy (non-hydrogen) atoms. The lowest BCUT2D eigenvalue weighted by Crippen LogP contribution is -2.45. The van der Waals surface area contributed by atoms with Crippen LogP contribution in [0.4, 0.5) is 10.1 Å². The second-order valence-corrected chi connectivity index (χ2v) is 6.15. The molecule has 0 saturated heterocycles. The summed E-state index contributed by atoms with van der Waals surface area (Å²) in [5.41, 5.74) is 0.0476. The van der Waals surface area contributed by atoms with Crippen molar-refractivity contribution in [1.29, 1.82) is 0 Å². The highest BCUT2D eigenvalue weighted by atomic mass is 35.5. The minimum atomic E-state index is -0.904. The standard InChI is InChI=1S/C16H20ClFN2O3/c17-12-7-6-11(18)8-14(12)20-16(23)15(22)19-13-5-3-1-2-4-10(13)9-21/h6-8,10,13,21H,1-5,9H2,(H,19,22)(H,20,23). The number of aliphatic hydroxyl groups is 1. The fourth-order valence-corrected chi connectivity index (χ4v) is 2.96. The Morgan fingerprint density at radius 3 is 2.70 bits per heavy atom. The zero-order valence-corrected chi connectivity index (χ0v) is 13.4. The molecular weight excluding hydrogens is 323 g/mol. The predicted octanol–water partition coefficient (Wildman–Crippen LogP) is 2.48. The van der Waals surface area contributed by atoms with Crippen molar-refractivity contribution in [2.75, 3.05) is 11.9 Å². The average molecular weight is 343 g/mol. The molecule has 0 bridgehead atoms. The Bertz CT molecular complexity index is 582. The van der Waals surface area contributed by atoms with Gasteiger partial charge in [-0.1, -0.05) is 30.9 Å². The number of anilines is 1. The number of halogens is 2. The molecule has 1 aromatic rings. The van der Waals surface area contributed by atoms with E-state index in [-0.39, 0.29) is 29.3 Å². The summed E-state index contributed by atoms with van der Waals surface area (Å²) in [6.45, 7) is -0.0255. The second kappa shape index (κ2) is 8.26. The van der Waals surface area contributed by atoms with Crippen LogP contribution >= 0.6 is 11.6 Å². The summed E-state index contributed by atoms with van der Waals surface area (Å²) in [5.74, 6) is -2.32. The Morgan fingerprint density at radius 2 is 1.96 bits per heavy atom. The Labute approximate surface area is 139 Å². The molecule has 1 saturated carbocycles. The van der Waals surface area contributed by atoms with Crippen LogP contribution in [-0.4, -0.2) is 29.6 Å². The van der Waals surface area contributed by atoms with Gasteiger partial charge in [0.2, 0.25) is 0 Å². The van der Waals surface area contributed by atoms with Crippen molar-refractivity contribution >= 4 is 29.1 Å². The van der Waals surface area contributed by atoms with Gasteiger partial charge in [0.15, 0.2) is 0 Å². The molecule has 3 N–H and O–H groups in total. The van der Waals surface area contributed by atoms with Crippen LogP contribution in [0.1, 0.15) is 32.1 Å². The molecule has 0 spiro atoms. The molecule has 126 valence electrons. The largest absolute Gasteiger partial charge is 0.396 e. The van der Waals surface area contributed by atoms with Gasteiger partial charge in [0.1, 0.15) is 5.82 Å². The lowest BCUT2D eigenvalue weighted by Gasteiger charge is -2.24. The number of hydrogen-bond acceptors (Lipinski definition) is 3. The minimum Gasteiger partial charge on any atom is -0.396 e. The van der Waals surface area contributed by atoms with E-state index in [4.69, 9.17) is 11.6 Å². The fourth-order valence-electron chi connectivity index (χ4n) is 2.80. The van der Waals surface area contributed by atoms with Gasteiger partial charge in [-0.3, -0.25) is 9.59 Å². The molecule has 0 aliphatic heterocycles. The number of carbonyl (C=O) groups is 2. The summed E-state index contributed by atoms with van der Waals surface area (Å²) in [4.78, 5) is 24.0. The summed E-state index contributed by atoms with van der Waals surface area (Å²) < 4.78 is 13.2. The SMILES string of the molecule is O=C(Nc1cc(F)ccc1Cl)C(=O)NC1CCCCCC1CO. The van der Waals surface area contributed by atoms with Crippen molar-refractivity contribution in [3.8, 4) is 0 Å². The lowest BCUT2D eigenvalue weighted by molar-refractivity contribution is -0.137. The van der Waals surface area contributed by atoms with Crippen molar-refractivity contribution in [1.82, 2.24) is 5.32 Å². The highest BCUT2D eigenvalue weighted by Crippen LogP contribution is 2.24. The Kier molecular flexibility index (Phi) is 6.36. The van der Waals surface area contributed by atoms with Gasteiger partial charge in [0, 0.05) is 18.6 Å². The van der Waals surface area contributed by atoms with Crippen LogP contribution in [0.25, 0.3) is 0 Å². The van der Waals surface area contributed by atoms with E-state index in [1.807, 2.05) is 0 Å². The number of nitrogens with one attached hydrogen (secondary N) is 2.